The maximum atomic E-state index is 12.7. The first-order chi connectivity index (χ1) is 11.4. The highest BCUT2D eigenvalue weighted by molar-refractivity contribution is 5.76. The van der Waals surface area contributed by atoms with Crippen LogP contribution < -0.4 is 0 Å². The molecule has 1 amide bonds. The molecule has 0 radical (unpaired) electrons. The molecule has 130 valence electrons. The lowest BCUT2D eigenvalue weighted by atomic mass is 10.0. The fraction of sp³-hybridized carbons (Fsp3) is 0.611. The van der Waals surface area contributed by atoms with E-state index in [-0.39, 0.29) is 11.9 Å². The molecule has 0 spiro atoms. The Morgan fingerprint density at radius 2 is 2.17 bits per heavy atom. The van der Waals surface area contributed by atoms with Gasteiger partial charge in [0.2, 0.25) is 5.91 Å². The van der Waals surface area contributed by atoms with E-state index in [9.17, 15) is 4.79 Å². The zero-order chi connectivity index (χ0) is 17.3. The molecule has 6 nitrogen and oxygen atoms in total. The van der Waals surface area contributed by atoms with Gasteiger partial charge in [-0.15, -0.1) is 0 Å². The van der Waals surface area contributed by atoms with Crippen LogP contribution in [0.25, 0.3) is 0 Å². The molecule has 3 heterocycles. The van der Waals surface area contributed by atoms with E-state index in [1.54, 1.807) is 0 Å². The molecule has 0 aliphatic carbocycles. The average molecular weight is 329 g/mol. The number of aryl methyl sites for hydroxylation is 3. The summed E-state index contributed by atoms with van der Waals surface area (Å²) < 4.78 is 3.98. The molecule has 1 fully saturated rings. The highest BCUT2D eigenvalue weighted by atomic mass is 16.2. The van der Waals surface area contributed by atoms with Crippen molar-refractivity contribution in [2.45, 2.75) is 59.0 Å². The molecule has 2 atom stereocenters. The predicted octanol–water partition coefficient (Wildman–Crippen LogP) is 2.82. The number of carbonyl (C=O) groups excluding carboxylic acids is 1. The minimum absolute atomic E-state index is 0.0820. The van der Waals surface area contributed by atoms with E-state index >= 15 is 0 Å². The van der Waals surface area contributed by atoms with E-state index < -0.39 is 0 Å². The molecule has 3 rings (SSSR count). The van der Waals surface area contributed by atoms with Gasteiger partial charge in [0.25, 0.3) is 0 Å². The lowest BCUT2D eigenvalue weighted by molar-refractivity contribution is -0.133. The SMILES string of the molecule is Cc1cnn([C@@H]2CCCN(C(=O)C[C@H](C)n3nc(C)cc3C)C2)c1. The summed E-state index contributed by atoms with van der Waals surface area (Å²) in [6, 6.07) is 2.43. The summed E-state index contributed by atoms with van der Waals surface area (Å²) in [5.74, 6) is 0.212. The van der Waals surface area contributed by atoms with Crippen molar-refractivity contribution in [1.29, 1.82) is 0 Å². The van der Waals surface area contributed by atoms with Crippen LogP contribution in [0.15, 0.2) is 18.5 Å². The van der Waals surface area contributed by atoms with Crippen molar-refractivity contribution < 1.29 is 4.79 Å². The van der Waals surface area contributed by atoms with E-state index in [1.165, 1.54) is 0 Å². The second-order valence-corrected chi connectivity index (χ2v) is 7.06. The Balaban J connectivity index is 1.63. The number of rotatable bonds is 4. The van der Waals surface area contributed by atoms with Crippen LogP contribution in [-0.4, -0.2) is 43.5 Å². The molecule has 2 aromatic rings. The Bertz CT molecular complexity index is 717. The van der Waals surface area contributed by atoms with Gasteiger partial charge in [0, 0.05) is 31.4 Å². The second kappa shape index (κ2) is 6.79. The quantitative estimate of drug-likeness (QED) is 0.867. The van der Waals surface area contributed by atoms with E-state index in [0.717, 1.165) is 42.9 Å². The molecular weight excluding hydrogens is 302 g/mol. The van der Waals surface area contributed by atoms with Gasteiger partial charge in [-0.05, 0) is 52.2 Å². The molecule has 6 heteroatoms. The maximum absolute atomic E-state index is 12.7. The van der Waals surface area contributed by atoms with Gasteiger partial charge in [0.1, 0.15) is 0 Å². The van der Waals surface area contributed by atoms with Crippen LogP contribution in [0.3, 0.4) is 0 Å². The average Bonchev–Trinajstić information content (AvgIpc) is 3.12. The minimum Gasteiger partial charge on any atom is -0.340 e. The fourth-order valence-corrected chi connectivity index (χ4v) is 3.59. The predicted molar refractivity (Wildman–Crippen MR) is 92.8 cm³/mol. The highest BCUT2D eigenvalue weighted by Crippen LogP contribution is 2.23. The lowest BCUT2D eigenvalue weighted by Gasteiger charge is -2.33. The van der Waals surface area contributed by atoms with Crippen molar-refractivity contribution >= 4 is 5.91 Å². The van der Waals surface area contributed by atoms with Crippen molar-refractivity contribution in [3.8, 4) is 0 Å². The lowest BCUT2D eigenvalue weighted by Crippen LogP contribution is -2.41. The molecule has 1 aliphatic heterocycles. The third-order valence-electron chi connectivity index (χ3n) is 4.79. The normalized spacial score (nSPS) is 19.5. The maximum Gasteiger partial charge on any atom is 0.224 e. The Morgan fingerprint density at radius 3 is 2.79 bits per heavy atom. The third-order valence-corrected chi connectivity index (χ3v) is 4.79. The van der Waals surface area contributed by atoms with Crippen LogP contribution in [0.5, 0.6) is 0 Å². The monoisotopic (exact) mass is 329 g/mol. The topological polar surface area (TPSA) is 56.0 Å². The number of nitrogens with zero attached hydrogens (tertiary/aromatic N) is 5. The fourth-order valence-electron chi connectivity index (χ4n) is 3.59. The van der Waals surface area contributed by atoms with Crippen LogP contribution in [0.4, 0.5) is 0 Å². The number of likely N-dealkylation sites (tertiary alicyclic amines) is 1. The van der Waals surface area contributed by atoms with Crippen LogP contribution in [0.1, 0.15) is 55.2 Å². The number of hydrogen-bond acceptors (Lipinski definition) is 3. The molecule has 1 saturated heterocycles. The smallest absolute Gasteiger partial charge is 0.224 e. The van der Waals surface area contributed by atoms with Crippen LogP contribution in [0.2, 0.25) is 0 Å². The van der Waals surface area contributed by atoms with Crippen LogP contribution in [0, 0.1) is 20.8 Å². The number of amides is 1. The zero-order valence-corrected chi connectivity index (χ0v) is 15.1. The van der Waals surface area contributed by atoms with Crippen molar-refractivity contribution in [3.63, 3.8) is 0 Å². The molecule has 24 heavy (non-hydrogen) atoms. The molecule has 0 unspecified atom stereocenters. The summed E-state index contributed by atoms with van der Waals surface area (Å²) in [5.41, 5.74) is 3.27. The summed E-state index contributed by atoms with van der Waals surface area (Å²) in [4.78, 5) is 14.7. The molecule has 1 aliphatic rings. The zero-order valence-electron chi connectivity index (χ0n) is 15.1. The first-order valence-corrected chi connectivity index (χ1v) is 8.75. The Kier molecular flexibility index (Phi) is 4.73. The molecular formula is C18H27N5O. The van der Waals surface area contributed by atoms with Crippen LogP contribution in [-0.2, 0) is 4.79 Å². The molecule has 0 bridgehead atoms. The molecule has 0 aromatic carbocycles. The van der Waals surface area contributed by atoms with Gasteiger partial charge in [-0.1, -0.05) is 0 Å². The highest BCUT2D eigenvalue weighted by Gasteiger charge is 2.26. The first kappa shape index (κ1) is 16.7. The summed E-state index contributed by atoms with van der Waals surface area (Å²) in [6.07, 6.45) is 6.55. The van der Waals surface area contributed by atoms with Crippen molar-refractivity contribution in [2.24, 2.45) is 0 Å². The number of hydrogen-bond donors (Lipinski definition) is 0. The molecule has 2 aromatic heterocycles. The Morgan fingerprint density at radius 1 is 1.38 bits per heavy atom. The summed E-state index contributed by atoms with van der Waals surface area (Å²) in [5, 5.41) is 8.93. The van der Waals surface area contributed by atoms with Gasteiger partial charge in [-0.25, -0.2) is 0 Å². The Hall–Kier alpha value is -2.11. The third kappa shape index (κ3) is 3.52. The van der Waals surface area contributed by atoms with Gasteiger partial charge >= 0.3 is 0 Å². The van der Waals surface area contributed by atoms with Crippen LogP contribution >= 0.6 is 0 Å². The van der Waals surface area contributed by atoms with Gasteiger partial charge in [0.15, 0.2) is 0 Å². The van der Waals surface area contributed by atoms with Crippen molar-refractivity contribution in [1.82, 2.24) is 24.5 Å². The van der Waals surface area contributed by atoms with Gasteiger partial charge in [-0.3, -0.25) is 14.2 Å². The Labute approximate surface area is 143 Å². The number of piperidine rings is 1. The summed E-state index contributed by atoms with van der Waals surface area (Å²) in [7, 11) is 0. The van der Waals surface area contributed by atoms with Gasteiger partial charge in [-0.2, -0.15) is 10.2 Å². The van der Waals surface area contributed by atoms with E-state index in [4.69, 9.17) is 0 Å². The second-order valence-electron chi connectivity index (χ2n) is 7.06. The van der Waals surface area contributed by atoms with E-state index in [0.29, 0.717) is 12.5 Å². The summed E-state index contributed by atoms with van der Waals surface area (Å²) >= 11 is 0. The standard InChI is InChI=1S/C18H27N5O/c1-13-10-19-22(11-13)17-6-5-7-21(12-17)18(24)9-16(4)23-15(3)8-14(2)20-23/h8,10-11,16-17H,5-7,9,12H2,1-4H3/t16-,17+/m0/s1. The number of carbonyl (C=O) groups is 1. The van der Waals surface area contributed by atoms with Gasteiger partial charge in [0.05, 0.1) is 24.0 Å². The minimum atomic E-state index is 0.0820. The van der Waals surface area contributed by atoms with E-state index in [2.05, 4.69) is 29.4 Å². The van der Waals surface area contributed by atoms with Crippen molar-refractivity contribution in [2.75, 3.05) is 13.1 Å². The molecule has 0 saturated carbocycles. The van der Waals surface area contributed by atoms with Gasteiger partial charge < -0.3 is 4.90 Å². The van der Waals surface area contributed by atoms with Crippen molar-refractivity contribution in [3.05, 3.63) is 35.4 Å². The van der Waals surface area contributed by atoms with E-state index in [1.807, 2.05) is 41.2 Å². The molecule has 0 N–H and O–H groups in total. The summed E-state index contributed by atoms with van der Waals surface area (Å²) in [6.45, 7) is 9.74. The number of aromatic nitrogens is 4. The largest absolute Gasteiger partial charge is 0.340 e. The first-order valence-electron chi connectivity index (χ1n) is 8.75.